The zero-order valence-corrected chi connectivity index (χ0v) is 18.1. The van der Waals surface area contributed by atoms with Gasteiger partial charge in [0.1, 0.15) is 5.75 Å². The predicted molar refractivity (Wildman–Crippen MR) is 118 cm³/mol. The third-order valence-electron chi connectivity index (χ3n) is 6.21. The molecule has 2 aromatic rings. The normalized spacial score (nSPS) is 15.9. The van der Waals surface area contributed by atoms with E-state index in [1.54, 1.807) is 0 Å². The van der Waals surface area contributed by atoms with E-state index in [0.29, 0.717) is 30.6 Å². The van der Waals surface area contributed by atoms with Crippen molar-refractivity contribution in [3.05, 3.63) is 64.7 Å². The van der Waals surface area contributed by atoms with Gasteiger partial charge in [-0.3, -0.25) is 4.79 Å². The molecule has 1 aliphatic rings. The number of benzene rings is 2. The fourth-order valence-corrected chi connectivity index (χ4v) is 4.22. The van der Waals surface area contributed by atoms with Crippen molar-refractivity contribution in [2.75, 3.05) is 20.6 Å². The number of aryl methyl sites for hydroxylation is 2. The van der Waals surface area contributed by atoms with Gasteiger partial charge in [-0.25, -0.2) is 0 Å². The van der Waals surface area contributed by atoms with Gasteiger partial charge >= 0.3 is 0 Å². The molecule has 1 amide bonds. The molecule has 2 atom stereocenters. The number of phenols is 1. The monoisotopic (exact) mass is 394 g/mol. The minimum Gasteiger partial charge on any atom is -0.508 e. The average molecular weight is 395 g/mol. The van der Waals surface area contributed by atoms with Crippen LogP contribution in [0.2, 0.25) is 0 Å². The van der Waals surface area contributed by atoms with Gasteiger partial charge < -0.3 is 15.3 Å². The highest BCUT2D eigenvalue weighted by Crippen LogP contribution is 2.44. The fourth-order valence-electron chi connectivity index (χ4n) is 4.22. The molecule has 0 heterocycles. The van der Waals surface area contributed by atoms with Gasteiger partial charge in [-0.1, -0.05) is 30.3 Å². The summed E-state index contributed by atoms with van der Waals surface area (Å²) in [4.78, 5) is 14.9. The lowest BCUT2D eigenvalue weighted by Gasteiger charge is -2.27. The fraction of sp³-hybridized carbons (Fsp3) is 0.480. The maximum absolute atomic E-state index is 12.8. The molecular weight excluding hydrogens is 360 g/mol. The van der Waals surface area contributed by atoms with Gasteiger partial charge in [0, 0.05) is 19.0 Å². The van der Waals surface area contributed by atoms with Crippen molar-refractivity contribution >= 4 is 5.91 Å². The summed E-state index contributed by atoms with van der Waals surface area (Å²) in [7, 11) is 4.11. The van der Waals surface area contributed by atoms with E-state index in [2.05, 4.69) is 48.6 Å². The first-order valence-electron chi connectivity index (χ1n) is 10.6. The Bertz CT molecular complexity index is 805. The van der Waals surface area contributed by atoms with Crippen LogP contribution >= 0.6 is 0 Å². The van der Waals surface area contributed by atoms with E-state index in [4.69, 9.17) is 0 Å². The van der Waals surface area contributed by atoms with E-state index in [-0.39, 0.29) is 11.9 Å². The zero-order valence-electron chi connectivity index (χ0n) is 18.1. The Morgan fingerprint density at radius 3 is 2.31 bits per heavy atom. The predicted octanol–water partition coefficient (Wildman–Crippen LogP) is 4.18. The number of aromatic hydroxyl groups is 1. The van der Waals surface area contributed by atoms with Crippen molar-refractivity contribution in [2.24, 2.45) is 5.92 Å². The van der Waals surface area contributed by atoms with Gasteiger partial charge in [0.2, 0.25) is 5.91 Å². The summed E-state index contributed by atoms with van der Waals surface area (Å²) in [5.41, 5.74) is 4.72. The highest BCUT2D eigenvalue weighted by Gasteiger charge is 2.33. The number of hydrogen-bond acceptors (Lipinski definition) is 3. The van der Waals surface area contributed by atoms with Gasteiger partial charge in [-0.2, -0.15) is 0 Å². The molecule has 0 spiro atoms. The van der Waals surface area contributed by atoms with Gasteiger partial charge in [-0.15, -0.1) is 0 Å². The summed E-state index contributed by atoms with van der Waals surface area (Å²) >= 11 is 0. The Morgan fingerprint density at radius 2 is 1.76 bits per heavy atom. The summed E-state index contributed by atoms with van der Waals surface area (Å²) < 4.78 is 0. The number of likely N-dealkylation sites (N-methyl/N-ethyl adjacent to an activating group) is 1. The van der Waals surface area contributed by atoms with Crippen LogP contribution in [0.3, 0.4) is 0 Å². The second-order valence-corrected chi connectivity index (χ2v) is 8.74. The van der Waals surface area contributed by atoms with E-state index >= 15 is 0 Å². The molecule has 3 rings (SSSR count). The number of hydrogen-bond donors (Lipinski definition) is 2. The summed E-state index contributed by atoms with van der Waals surface area (Å²) in [6.45, 7) is 4.69. The van der Waals surface area contributed by atoms with Gasteiger partial charge in [0.25, 0.3) is 0 Å². The highest BCUT2D eigenvalue weighted by molar-refractivity contribution is 5.77. The smallest absolute Gasteiger partial charge is 0.220 e. The number of carbonyl (C=O) groups excluding carboxylic acids is 1. The third-order valence-corrected chi connectivity index (χ3v) is 6.21. The number of nitrogens with zero attached hydrogens (tertiary/aromatic N) is 1. The number of phenolic OH excluding ortho intramolecular Hbond substituents is 1. The van der Waals surface area contributed by atoms with Crippen LogP contribution in [0, 0.1) is 19.8 Å². The first kappa shape index (κ1) is 21.4. The van der Waals surface area contributed by atoms with Crippen LogP contribution in [0.4, 0.5) is 0 Å². The minimum atomic E-state index is 0.136. The SMILES string of the molecule is Cc1cc(O)cc(C)c1C[C@@H](CNC(=O)C[C@H](c1ccccc1)C1CC1)N(C)C. The van der Waals surface area contributed by atoms with Crippen LogP contribution in [0.15, 0.2) is 42.5 Å². The summed E-state index contributed by atoms with van der Waals surface area (Å²) in [5.74, 6) is 1.42. The quantitative estimate of drug-likeness (QED) is 0.671. The molecule has 2 N–H and O–H groups in total. The number of amides is 1. The van der Waals surface area contributed by atoms with E-state index in [1.165, 1.54) is 24.0 Å². The van der Waals surface area contributed by atoms with Crippen molar-refractivity contribution in [3.8, 4) is 5.75 Å². The standard InChI is InChI=1S/C25H34N2O2/c1-17-12-22(28)13-18(2)23(17)14-21(27(3)4)16-26-25(29)15-24(20-10-11-20)19-8-6-5-7-9-19/h5-9,12-13,20-21,24,28H,10-11,14-16H2,1-4H3,(H,26,29)/t21-,24+/m0/s1. The molecule has 156 valence electrons. The molecule has 2 aromatic carbocycles. The lowest BCUT2D eigenvalue weighted by Crippen LogP contribution is -2.42. The maximum Gasteiger partial charge on any atom is 0.220 e. The third kappa shape index (κ3) is 5.83. The first-order chi connectivity index (χ1) is 13.8. The van der Waals surface area contributed by atoms with Crippen LogP contribution in [0.25, 0.3) is 0 Å². The molecule has 0 unspecified atom stereocenters. The Kier molecular flexibility index (Phi) is 6.96. The number of rotatable bonds is 9. The zero-order chi connectivity index (χ0) is 21.0. The van der Waals surface area contributed by atoms with E-state index in [0.717, 1.165) is 17.5 Å². The Morgan fingerprint density at radius 1 is 1.14 bits per heavy atom. The van der Waals surface area contributed by atoms with Crippen LogP contribution in [-0.2, 0) is 11.2 Å². The van der Waals surface area contributed by atoms with Crippen molar-refractivity contribution in [2.45, 2.75) is 51.5 Å². The molecule has 0 aromatic heterocycles. The molecule has 4 nitrogen and oxygen atoms in total. The molecule has 0 bridgehead atoms. The average Bonchev–Trinajstić information content (AvgIpc) is 3.50. The van der Waals surface area contributed by atoms with Crippen molar-refractivity contribution in [1.82, 2.24) is 10.2 Å². The van der Waals surface area contributed by atoms with Crippen LogP contribution in [0.1, 0.15) is 47.4 Å². The molecule has 29 heavy (non-hydrogen) atoms. The van der Waals surface area contributed by atoms with Gasteiger partial charge in [0.15, 0.2) is 0 Å². The molecule has 0 saturated heterocycles. The second-order valence-electron chi connectivity index (χ2n) is 8.74. The molecule has 1 fully saturated rings. The summed E-state index contributed by atoms with van der Waals surface area (Å²) in [6, 6.07) is 14.3. The van der Waals surface area contributed by atoms with Gasteiger partial charge in [-0.05, 0) is 93.4 Å². The highest BCUT2D eigenvalue weighted by atomic mass is 16.3. The second kappa shape index (κ2) is 9.45. The number of carbonyl (C=O) groups is 1. The molecule has 1 saturated carbocycles. The van der Waals surface area contributed by atoms with Crippen LogP contribution < -0.4 is 5.32 Å². The van der Waals surface area contributed by atoms with Gasteiger partial charge in [0.05, 0.1) is 0 Å². The van der Waals surface area contributed by atoms with E-state index < -0.39 is 0 Å². The van der Waals surface area contributed by atoms with Crippen molar-refractivity contribution < 1.29 is 9.90 Å². The van der Waals surface area contributed by atoms with E-state index in [1.807, 2.05) is 32.0 Å². The van der Waals surface area contributed by atoms with Crippen molar-refractivity contribution in [3.63, 3.8) is 0 Å². The largest absolute Gasteiger partial charge is 0.508 e. The molecule has 1 aliphatic carbocycles. The summed E-state index contributed by atoms with van der Waals surface area (Å²) in [6.07, 6.45) is 3.86. The Balaban J connectivity index is 1.61. The number of nitrogens with one attached hydrogen (secondary N) is 1. The van der Waals surface area contributed by atoms with E-state index in [9.17, 15) is 9.90 Å². The molecule has 0 aliphatic heterocycles. The molecule has 4 heteroatoms. The molecular formula is C25H34N2O2. The Labute approximate surface area is 174 Å². The maximum atomic E-state index is 12.8. The molecule has 0 radical (unpaired) electrons. The van der Waals surface area contributed by atoms with Crippen molar-refractivity contribution in [1.29, 1.82) is 0 Å². The summed E-state index contributed by atoms with van der Waals surface area (Å²) in [5, 5.41) is 13.0. The van der Waals surface area contributed by atoms with Crippen LogP contribution in [0.5, 0.6) is 5.75 Å². The minimum absolute atomic E-state index is 0.136. The lowest BCUT2D eigenvalue weighted by atomic mass is 9.90. The first-order valence-corrected chi connectivity index (χ1v) is 10.6. The lowest BCUT2D eigenvalue weighted by molar-refractivity contribution is -0.121. The van der Waals surface area contributed by atoms with Crippen LogP contribution in [-0.4, -0.2) is 42.6 Å². The topological polar surface area (TPSA) is 52.6 Å². The Hall–Kier alpha value is -2.33.